The van der Waals surface area contributed by atoms with Crippen molar-refractivity contribution < 1.29 is 81.6 Å². The summed E-state index contributed by atoms with van der Waals surface area (Å²) >= 11 is 0. The second-order valence-electron chi connectivity index (χ2n) is 0.238. The Morgan fingerprint density at radius 3 is 1.11 bits per heavy atom. The van der Waals surface area contributed by atoms with Crippen molar-refractivity contribution >= 4 is 0 Å². The van der Waals surface area contributed by atoms with Crippen molar-refractivity contribution in [3.05, 3.63) is 10.1 Å². The molecule has 0 heterocycles. The number of hydrogen-bond donors (Lipinski definition) is 1. The Bertz CT molecular complexity index is 38.8. The molecule has 0 aromatic rings. The SMILES string of the molecule is O=[N+]([O-])O.[Cl-].[Cl-].[Cl-].[Cl-].[Ti+4]. The summed E-state index contributed by atoms with van der Waals surface area (Å²) < 4.78 is 0. The summed E-state index contributed by atoms with van der Waals surface area (Å²) in [7, 11) is 0. The minimum atomic E-state index is -1.50. The van der Waals surface area contributed by atoms with E-state index in [0.29, 0.717) is 0 Å². The molecular formula is HCl4NO3Ti. The molecule has 0 aliphatic heterocycles. The van der Waals surface area contributed by atoms with Crippen LogP contribution in [0.3, 0.4) is 0 Å². The van der Waals surface area contributed by atoms with E-state index in [4.69, 9.17) is 15.3 Å². The third kappa shape index (κ3) is 393. The van der Waals surface area contributed by atoms with E-state index in [0.717, 1.165) is 0 Å². The summed E-state index contributed by atoms with van der Waals surface area (Å²) in [5, 5.41) is 13.6. The Balaban J connectivity index is -0.00000000450. The first kappa shape index (κ1) is 50.0. The number of nitrogens with zero attached hydrogens (tertiary/aromatic N) is 1. The summed E-state index contributed by atoms with van der Waals surface area (Å²) in [6.45, 7) is 0. The first-order valence-corrected chi connectivity index (χ1v) is 0.565. The van der Waals surface area contributed by atoms with Crippen molar-refractivity contribution in [1.29, 1.82) is 0 Å². The number of rotatable bonds is 0. The Labute approximate surface area is 91.4 Å². The summed E-state index contributed by atoms with van der Waals surface area (Å²) in [5.41, 5.74) is 0. The fraction of sp³-hybridized carbons (Fsp3) is 0. The topological polar surface area (TPSA) is 63.4 Å². The van der Waals surface area contributed by atoms with Gasteiger partial charge in [-0.2, -0.15) is 0 Å². The fourth-order valence-corrected chi connectivity index (χ4v) is 0. The molecule has 0 fully saturated rings. The summed E-state index contributed by atoms with van der Waals surface area (Å²) in [5.74, 6) is 0. The first-order valence-electron chi connectivity index (χ1n) is 0.565. The second kappa shape index (κ2) is 35.6. The van der Waals surface area contributed by atoms with Crippen LogP contribution in [0, 0.1) is 10.1 Å². The van der Waals surface area contributed by atoms with Gasteiger partial charge >= 0.3 is 21.7 Å². The molecule has 0 saturated carbocycles. The monoisotopic (exact) mass is 251 g/mol. The third-order valence-corrected chi connectivity index (χ3v) is 0. The standard InChI is InChI=1S/4ClH.HNO3.Ti/c;;;;2-1(3)4;/h4*1H;(H,2,3,4);/q;;;;;+4/p-4. The van der Waals surface area contributed by atoms with Gasteiger partial charge in [0, 0.05) is 0 Å². The molecule has 0 aliphatic carbocycles. The predicted molar refractivity (Wildman–Crippen MR) is 8.78 cm³/mol. The van der Waals surface area contributed by atoms with Crippen molar-refractivity contribution in [3.63, 3.8) is 0 Å². The van der Waals surface area contributed by atoms with E-state index in [-0.39, 0.29) is 71.3 Å². The van der Waals surface area contributed by atoms with Crippen molar-refractivity contribution in [2.24, 2.45) is 0 Å². The molecule has 0 atom stereocenters. The third-order valence-electron chi connectivity index (χ3n) is 0. The average Bonchev–Trinajstić information content (AvgIpc) is 0.811. The van der Waals surface area contributed by atoms with Gasteiger partial charge < -0.3 is 54.8 Å². The van der Waals surface area contributed by atoms with Gasteiger partial charge in [0.05, 0.1) is 0 Å². The zero-order valence-corrected chi connectivity index (χ0v) is 8.31. The Morgan fingerprint density at radius 2 is 1.11 bits per heavy atom. The molecule has 0 aromatic carbocycles. The molecule has 9 heavy (non-hydrogen) atoms. The Kier molecular flexibility index (Phi) is 198. The normalized spacial score (nSPS) is 2.67. The van der Waals surface area contributed by atoms with Crippen LogP contribution in [-0.4, -0.2) is 10.3 Å². The Hall–Kier alpha value is 1.07. The number of hydrogen-bond acceptors (Lipinski definition) is 2. The quantitative estimate of drug-likeness (QED) is 0.265. The molecular weight excluding hydrogens is 252 g/mol. The molecule has 4 nitrogen and oxygen atoms in total. The van der Waals surface area contributed by atoms with Gasteiger partial charge in [-0.3, -0.25) is 0 Å². The molecule has 0 unspecified atom stereocenters. The molecule has 0 aromatic heterocycles. The maximum absolute atomic E-state index is 8.36. The van der Waals surface area contributed by atoms with Crippen LogP contribution in [0.4, 0.5) is 0 Å². The maximum Gasteiger partial charge on any atom is 4.00 e. The molecule has 0 saturated heterocycles. The van der Waals surface area contributed by atoms with Gasteiger partial charge in [-0.05, 0) is 0 Å². The molecule has 1 N–H and O–H groups in total. The Morgan fingerprint density at radius 1 is 1.11 bits per heavy atom. The van der Waals surface area contributed by atoms with Crippen LogP contribution in [0.15, 0.2) is 0 Å². The van der Waals surface area contributed by atoms with Gasteiger partial charge in [0.15, 0.2) is 0 Å². The molecule has 0 radical (unpaired) electrons. The van der Waals surface area contributed by atoms with E-state index in [9.17, 15) is 0 Å². The molecule has 0 amide bonds. The van der Waals surface area contributed by atoms with Crippen LogP contribution in [0.1, 0.15) is 0 Å². The van der Waals surface area contributed by atoms with E-state index in [1.165, 1.54) is 0 Å². The molecule has 9 heteroatoms. The summed E-state index contributed by atoms with van der Waals surface area (Å²) in [6.07, 6.45) is 0. The second-order valence-corrected chi connectivity index (χ2v) is 0.238. The van der Waals surface area contributed by atoms with Crippen molar-refractivity contribution in [1.82, 2.24) is 0 Å². The largest absolute Gasteiger partial charge is 4.00 e. The van der Waals surface area contributed by atoms with Crippen molar-refractivity contribution in [2.45, 2.75) is 0 Å². The fourth-order valence-electron chi connectivity index (χ4n) is 0. The molecule has 0 spiro atoms. The van der Waals surface area contributed by atoms with Crippen molar-refractivity contribution in [2.75, 3.05) is 0 Å². The van der Waals surface area contributed by atoms with Crippen LogP contribution in [0.2, 0.25) is 0 Å². The van der Waals surface area contributed by atoms with Gasteiger partial charge in [-0.15, -0.1) is 10.1 Å². The zero-order valence-electron chi connectivity index (χ0n) is 3.72. The van der Waals surface area contributed by atoms with Gasteiger partial charge in [0.25, 0.3) is 5.09 Å². The van der Waals surface area contributed by atoms with Crippen molar-refractivity contribution in [3.8, 4) is 0 Å². The molecule has 0 aliphatic rings. The summed E-state index contributed by atoms with van der Waals surface area (Å²) in [4.78, 5) is 8.36. The van der Waals surface area contributed by atoms with Crippen LogP contribution < -0.4 is 49.6 Å². The van der Waals surface area contributed by atoms with Crippen LogP contribution in [-0.2, 0) is 21.7 Å². The van der Waals surface area contributed by atoms with E-state index in [2.05, 4.69) is 0 Å². The minimum absolute atomic E-state index is 0. The smallest absolute Gasteiger partial charge is 1.00 e. The average molecular weight is 253 g/mol. The number of halogens is 4. The van der Waals surface area contributed by atoms with Crippen LogP contribution in [0.25, 0.3) is 0 Å². The van der Waals surface area contributed by atoms with Gasteiger partial charge in [-0.1, -0.05) is 0 Å². The molecule has 0 bridgehead atoms. The van der Waals surface area contributed by atoms with E-state index in [1.54, 1.807) is 0 Å². The molecule has 56 valence electrons. The van der Waals surface area contributed by atoms with Crippen LogP contribution in [0.5, 0.6) is 0 Å². The van der Waals surface area contributed by atoms with Gasteiger partial charge in [-0.25, -0.2) is 0 Å². The molecule has 0 rings (SSSR count). The maximum atomic E-state index is 8.36. The minimum Gasteiger partial charge on any atom is -1.00 e. The van der Waals surface area contributed by atoms with E-state index >= 15 is 0 Å². The van der Waals surface area contributed by atoms with E-state index in [1.807, 2.05) is 0 Å². The summed E-state index contributed by atoms with van der Waals surface area (Å²) in [6, 6.07) is 0. The zero-order chi connectivity index (χ0) is 3.58. The van der Waals surface area contributed by atoms with E-state index < -0.39 is 5.09 Å². The predicted octanol–water partition coefficient (Wildman–Crippen LogP) is -12.3. The van der Waals surface area contributed by atoms with Crippen LogP contribution >= 0.6 is 0 Å². The van der Waals surface area contributed by atoms with Gasteiger partial charge in [0.1, 0.15) is 0 Å². The van der Waals surface area contributed by atoms with Gasteiger partial charge in [0.2, 0.25) is 0 Å². The first-order chi connectivity index (χ1) is 1.73.